The van der Waals surface area contributed by atoms with Gasteiger partial charge in [-0.25, -0.2) is 8.42 Å². The molecule has 2 aromatic carbocycles. The Morgan fingerprint density at radius 3 is 2.39 bits per heavy atom. The molecule has 2 aromatic rings. The largest absolute Gasteiger partial charge is 0.298 e. The summed E-state index contributed by atoms with van der Waals surface area (Å²) in [4.78, 5) is 12.8. The summed E-state index contributed by atoms with van der Waals surface area (Å²) in [6, 6.07) is 15.8. The Morgan fingerprint density at radius 2 is 1.68 bits per heavy atom. The Kier molecular flexibility index (Phi) is 4.95. The Balaban J connectivity index is 1.46. The van der Waals surface area contributed by atoms with Gasteiger partial charge in [0.25, 0.3) is 5.69 Å². The van der Waals surface area contributed by atoms with Gasteiger partial charge in [-0.15, -0.1) is 0 Å². The third kappa shape index (κ3) is 3.55. The molecular formula is C20H23N3O4S. The van der Waals surface area contributed by atoms with Crippen LogP contribution in [0.25, 0.3) is 0 Å². The fraction of sp³-hybridized carbons (Fsp3) is 0.400. The van der Waals surface area contributed by atoms with Crippen molar-refractivity contribution >= 4 is 15.7 Å². The molecule has 2 aliphatic rings. The summed E-state index contributed by atoms with van der Waals surface area (Å²) in [6.07, 6.45) is 2.02. The Morgan fingerprint density at radius 1 is 1.00 bits per heavy atom. The van der Waals surface area contributed by atoms with Gasteiger partial charge in [0, 0.05) is 37.7 Å². The number of hydrogen-bond donors (Lipinski definition) is 0. The zero-order chi connectivity index (χ0) is 19.8. The second kappa shape index (κ2) is 7.27. The summed E-state index contributed by atoms with van der Waals surface area (Å²) < 4.78 is 27.3. The quantitative estimate of drug-likeness (QED) is 0.568. The Bertz CT molecular complexity index is 972. The topological polar surface area (TPSA) is 83.8 Å². The van der Waals surface area contributed by atoms with Crippen molar-refractivity contribution in [3.63, 3.8) is 0 Å². The third-order valence-electron chi connectivity index (χ3n) is 5.69. The predicted octanol–water partition coefficient (Wildman–Crippen LogP) is 2.88. The van der Waals surface area contributed by atoms with Crippen LogP contribution in [0.5, 0.6) is 0 Å². The molecule has 7 nitrogen and oxygen atoms in total. The molecule has 2 heterocycles. The molecule has 0 radical (unpaired) electrons. The van der Waals surface area contributed by atoms with E-state index >= 15 is 0 Å². The van der Waals surface area contributed by atoms with Crippen LogP contribution < -0.4 is 0 Å². The summed E-state index contributed by atoms with van der Waals surface area (Å²) in [5, 5.41) is 11.2. The summed E-state index contributed by atoms with van der Waals surface area (Å²) in [7, 11) is -3.86. The number of nitrogens with zero attached hydrogens (tertiary/aromatic N) is 3. The van der Waals surface area contributed by atoms with E-state index in [1.165, 1.54) is 34.1 Å². The molecule has 8 heteroatoms. The number of hydrogen-bond acceptors (Lipinski definition) is 5. The summed E-state index contributed by atoms with van der Waals surface area (Å²) in [5.74, 6) is 0. The van der Waals surface area contributed by atoms with E-state index in [0.29, 0.717) is 13.1 Å². The van der Waals surface area contributed by atoms with E-state index in [4.69, 9.17) is 0 Å². The molecule has 0 aliphatic carbocycles. The zero-order valence-corrected chi connectivity index (χ0v) is 16.3. The molecule has 2 saturated heterocycles. The van der Waals surface area contributed by atoms with Crippen molar-refractivity contribution in [2.75, 3.05) is 26.2 Å². The maximum atomic E-state index is 12.9. The maximum Gasteiger partial charge on any atom is 0.289 e. The molecule has 0 unspecified atom stereocenters. The van der Waals surface area contributed by atoms with Crippen LogP contribution in [0.3, 0.4) is 0 Å². The van der Waals surface area contributed by atoms with Gasteiger partial charge in [0.15, 0.2) is 4.90 Å². The molecule has 0 saturated carbocycles. The van der Waals surface area contributed by atoms with E-state index in [0.717, 1.165) is 32.5 Å². The summed E-state index contributed by atoms with van der Waals surface area (Å²) >= 11 is 0. The van der Waals surface area contributed by atoms with Gasteiger partial charge in [-0.2, -0.15) is 4.31 Å². The van der Waals surface area contributed by atoms with Crippen molar-refractivity contribution in [2.45, 2.75) is 24.3 Å². The number of nitro groups is 1. The molecule has 28 heavy (non-hydrogen) atoms. The lowest BCUT2D eigenvalue weighted by Crippen LogP contribution is -2.63. The van der Waals surface area contributed by atoms with Crippen molar-refractivity contribution in [3.05, 3.63) is 70.3 Å². The molecule has 0 N–H and O–H groups in total. The molecule has 0 amide bonds. The smallest absolute Gasteiger partial charge is 0.289 e. The van der Waals surface area contributed by atoms with E-state index in [1.807, 2.05) is 18.2 Å². The van der Waals surface area contributed by atoms with Crippen LogP contribution in [0.4, 0.5) is 5.69 Å². The highest BCUT2D eigenvalue weighted by molar-refractivity contribution is 7.89. The fourth-order valence-corrected chi connectivity index (χ4v) is 6.21. The minimum Gasteiger partial charge on any atom is -0.298 e. The van der Waals surface area contributed by atoms with Crippen LogP contribution >= 0.6 is 0 Å². The first-order valence-corrected chi connectivity index (χ1v) is 10.8. The minimum atomic E-state index is -3.86. The lowest BCUT2D eigenvalue weighted by Gasteiger charge is -2.53. The summed E-state index contributed by atoms with van der Waals surface area (Å²) in [5.41, 5.74) is 0.838. The zero-order valence-electron chi connectivity index (χ0n) is 15.5. The highest BCUT2D eigenvalue weighted by atomic mass is 32.2. The standard InChI is InChI=1S/C20H23N3O4S/c24-23(25)18-9-4-5-10-19(18)28(26,27)22-15-20(16-22)11-6-12-21(14-20)13-17-7-2-1-3-8-17/h1-5,7-10H,6,11-16H2. The Labute approximate surface area is 164 Å². The van der Waals surface area contributed by atoms with Crippen molar-refractivity contribution in [3.8, 4) is 0 Å². The molecule has 0 bridgehead atoms. The van der Waals surface area contributed by atoms with Crippen LogP contribution in [-0.2, 0) is 16.6 Å². The number of sulfonamides is 1. The number of rotatable bonds is 5. The van der Waals surface area contributed by atoms with Crippen molar-refractivity contribution in [1.82, 2.24) is 9.21 Å². The fourth-order valence-electron chi connectivity index (χ4n) is 4.38. The van der Waals surface area contributed by atoms with Gasteiger partial charge >= 0.3 is 0 Å². The molecule has 0 aromatic heterocycles. The van der Waals surface area contributed by atoms with Gasteiger partial charge < -0.3 is 0 Å². The van der Waals surface area contributed by atoms with E-state index in [1.54, 1.807) is 0 Å². The molecule has 4 rings (SSSR count). The minimum absolute atomic E-state index is 0.0519. The number of nitro benzene ring substituents is 1. The first-order valence-electron chi connectivity index (χ1n) is 9.40. The SMILES string of the molecule is O=[N+]([O-])c1ccccc1S(=O)(=O)N1CC2(CCCN(Cc3ccccc3)C2)C1. The molecule has 1 spiro atoms. The van der Waals surface area contributed by atoms with Crippen LogP contribution in [-0.4, -0.2) is 48.7 Å². The highest BCUT2D eigenvalue weighted by Crippen LogP contribution is 2.42. The molecule has 148 valence electrons. The van der Waals surface area contributed by atoms with Crippen LogP contribution in [0.2, 0.25) is 0 Å². The van der Waals surface area contributed by atoms with Crippen LogP contribution in [0.15, 0.2) is 59.5 Å². The van der Waals surface area contributed by atoms with Gasteiger partial charge in [0.05, 0.1) is 4.92 Å². The van der Waals surface area contributed by atoms with Crippen LogP contribution in [0.1, 0.15) is 18.4 Å². The van der Waals surface area contributed by atoms with E-state index in [-0.39, 0.29) is 16.0 Å². The number of para-hydroxylation sites is 1. The number of benzene rings is 2. The second-order valence-electron chi connectivity index (χ2n) is 7.80. The maximum absolute atomic E-state index is 12.9. The predicted molar refractivity (Wildman–Crippen MR) is 105 cm³/mol. The average molecular weight is 401 g/mol. The first kappa shape index (κ1) is 19.0. The van der Waals surface area contributed by atoms with Crippen molar-refractivity contribution in [1.29, 1.82) is 0 Å². The van der Waals surface area contributed by atoms with E-state index in [9.17, 15) is 18.5 Å². The normalized spacial score (nSPS) is 20.0. The molecular weight excluding hydrogens is 378 g/mol. The van der Waals surface area contributed by atoms with Crippen molar-refractivity contribution in [2.24, 2.45) is 5.41 Å². The van der Waals surface area contributed by atoms with Gasteiger partial charge in [-0.3, -0.25) is 15.0 Å². The Hall–Kier alpha value is -2.29. The van der Waals surface area contributed by atoms with E-state index in [2.05, 4.69) is 17.0 Å². The van der Waals surface area contributed by atoms with E-state index < -0.39 is 14.9 Å². The van der Waals surface area contributed by atoms with Gasteiger partial charge in [-0.1, -0.05) is 42.5 Å². The number of piperidine rings is 1. The molecule has 2 fully saturated rings. The monoisotopic (exact) mass is 401 g/mol. The number of likely N-dealkylation sites (tertiary alicyclic amines) is 1. The van der Waals surface area contributed by atoms with Gasteiger partial charge in [0.1, 0.15) is 0 Å². The van der Waals surface area contributed by atoms with Gasteiger partial charge in [0.2, 0.25) is 10.0 Å². The highest BCUT2D eigenvalue weighted by Gasteiger charge is 2.51. The average Bonchev–Trinajstić information content (AvgIpc) is 2.67. The lowest BCUT2D eigenvalue weighted by atomic mass is 9.75. The van der Waals surface area contributed by atoms with Crippen molar-refractivity contribution < 1.29 is 13.3 Å². The second-order valence-corrected chi connectivity index (χ2v) is 9.70. The first-order chi connectivity index (χ1) is 13.4. The molecule has 0 atom stereocenters. The van der Waals surface area contributed by atoms with Gasteiger partial charge in [-0.05, 0) is 31.0 Å². The van der Waals surface area contributed by atoms with Crippen LogP contribution in [0, 0.1) is 15.5 Å². The lowest BCUT2D eigenvalue weighted by molar-refractivity contribution is -0.387. The molecule has 2 aliphatic heterocycles. The third-order valence-corrected chi connectivity index (χ3v) is 7.53. The summed E-state index contributed by atoms with van der Waals surface area (Å²) in [6.45, 7) is 3.57.